The molecule has 3 atom stereocenters. The van der Waals surface area contributed by atoms with Crippen molar-refractivity contribution in [3.05, 3.63) is 61.2 Å². The van der Waals surface area contributed by atoms with Gasteiger partial charge in [-0.15, -0.1) is 6.58 Å². The van der Waals surface area contributed by atoms with Crippen LogP contribution >= 0.6 is 0 Å². The molecule has 2 aliphatic heterocycles. The van der Waals surface area contributed by atoms with E-state index in [4.69, 9.17) is 23.3 Å². The molecule has 1 aliphatic carbocycles. The summed E-state index contributed by atoms with van der Waals surface area (Å²) < 4.78 is 30.2. The molecule has 148 valence electrons. The lowest BCUT2D eigenvalue weighted by Crippen LogP contribution is -2.49. The number of hydrogen-bond acceptors (Lipinski definition) is 5. The number of para-hydroxylation sites is 4. The van der Waals surface area contributed by atoms with Crippen molar-refractivity contribution >= 4 is 14.4 Å². The Morgan fingerprint density at radius 1 is 0.966 bits per heavy atom. The maximum Gasteiger partial charge on any atom is 0.788 e. The van der Waals surface area contributed by atoms with Gasteiger partial charge in [0.25, 0.3) is 0 Å². The quantitative estimate of drug-likeness (QED) is 0.543. The van der Waals surface area contributed by atoms with E-state index in [0.29, 0.717) is 23.7 Å². The van der Waals surface area contributed by atoms with Gasteiger partial charge in [-0.3, -0.25) is 0 Å². The lowest BCUT2D eigenvalue weighted by Gasteiger charge is -2.44. The van der Waals surface area contributed by atoms with Crippen LogP contribution in [0.25, 0.3) is 0 Å². The van der Waals surface area contributed by atoms with E-state index in [1.54, 1.807) is 0 Å². The van der Waals surface area contributed by atoms with Crippen molar-refractivity contribution in [1.29, 1.82) is 0 Å². The largest absolute Gasteiger partial charge is 0.788 e. The van der Waals surface area contributed by atoms with E-state index in [1.165, 1.54) is 0 Å². The second-order valence-corrected chi connectivity index (χ2v) is 8.24. The Bertz CT molecular complexity index is 856. The molecule has 5 rings (SSSR count). The van der Waals surface area contributed by atoms with Crippen LogP contribution in [0.5, 0.6) is 23.0 Å². The van der Waals surface area contributed by atoms with E-state index in [-0.39, 0.29) is 18.6 Å². The summed E-state index contributed by atoms with van der Waals surface area (Å²) in [6.45, 7) is 6.45. The smallest absolute Gasteiger partial charge is 0.523 e. The van der Waals surface area contributed by atoms with Crippen LogP contribution in [0, 0.1) is 11.3 Å². The number of fused-ring (bicyclic) bond motifs is 2. The second-order valence-electron chi connectivity index (χ2n) is 8.24. The van der Waals surface area contributed by atoms with E-state index >= 15 is 0 Å². The van der Waals surface area contributed by atoms with E-state index in [9.17, 15) is 0 Å². The highest BCUT2D eigenvalue weighted by molar-refractivity contribution is 6.48. The van der Waals surface area contributed by atoms with Gasteiger partial charge in [-0.25, -0.2) is 0 Å². The minimum Gasteiger partial charge on any atom is -0.523 e. The van der Waals surface area contributed by atoms with Crippen molar-refractivity contribution < 1.29 is 23.3 Å². The van der Waals surface area contributed by atoms with E-state index < -0.39 is 7.32 Å². The van der Waals surface area contributed by atoms with Crippen molar-refractivity contribution in [3.63, 3.8) is 0 Å². The molecule has 0 amide bonds. The predicted molar refractivity (Wildman–Crippen MR) is 112 cm³/mol. The molecular weight excluding hydrogens is 366 g/mol. The molecule has 1 saturated carbocycles. The Kier molecular flexibility index (Phi) is 4.70. The summed E-state index contributed by atoms with van der Waals surface area (Å²) >= 11 is 0. The van der Waals surface area contributed by atoms with Gasteiger partial charge in [-0.05, 0) is 49.4 Å². The van der Waals surface area contributed by atoms with E-state index in [1.807, 2.05) is 54.6 Å². The van der Waals surface area contributed by atoms with Crippen LogP contribution in [0.1, 0.15) is 26.2 Å². The minimum atomic E-state index is -0.743. The zero-order chi connectivity index (χ0) is 19.8. The summed E-state index contributed by atoms with van der Waals surface area (Å²) in [7, 11) is -1.10. The van der Waals surface area contributed by atoms with Crippen molar-refractivity contribution in [2.24, 2.45) is 11.3 Å². The first kappa shape index (κ1) is 18.5. The molecule has 7 heteroatoms. The third kappa shape index (κ3) is 3.48. The van der Waals surface area contributed by atoms with E-state index in [0.717, 1.165) is 30.8 Å². The van der Waals surface area contributed by atoms with Gasteiger partial charge in [0.2, 0.25) is 0 Å². The van der Waals surface area contributed by atoms with Crippen LogP contribution in [0.2, 0.25) is 6.32 Å². The highest BCUT2D eigenvalue weighted by Crippen LogP contribution is 2.48. The molecule has 3 aliphatic rings. The summed E-state index contributed by atoms with van der Waals surface area (Å²) in [6, 6.07) is 15.4. The first-order valence-corrected chi connectivity index (χ1v) is 10.3. The first-order valence-electron chi connectivity index (χ1n) is 10.3. The Morgan fingerprint density at radius 3 is 2.07 bits per heavy atom. The molecule has 0 radical (unpaired) electrons. The maximum absolute atomic E-state index is 6.35. The SMILES string of the molecule is C=C[C@]1(CB2Oc3ccccc3O2)C[C@H](C)CC[C@H]1OB1Oc2ccccc2O1. The molecule has 5 nitrogen and oxygen atoms in total. The molecule has 2 aromatic rings. The van der Waals surface area contributed by atoms with Crippen LogP contribution in [-0.4, -0.2) is 20.5 Å². The highest BCUT2D eigenvalue weighted by Gasteiger charge is 2.51. The molecule has 0 unspecified atom stereocenters. The monoisotopic (exact) mass is 390 g/mol. The average molecular weight is 390 g/mol. The fourth-order valence-corrected chi connectivity index (χ4v) is 4.73. The molecular formula is C22H24B2O5. The molecule has 2 aromatic carbocycles. The van der Waals surface area contributed by atoms with Gasteiger partial charge in [-0.2, -0.15) is 0 Å². The molecule has 0 N–H and O–H groups in total. The van der Waals surface area contributed by atoms with Crippen LogP contribution in [0.3, 0.4) is 0 Å². The van der Waals surface area contributed by atoms with Crippen molar-refractivity contribution in [2.75, 3.05) is 0 Å². The van der Waals surface area contributed by atoms with Crippen LogP contribution in [-0.2, 0) is 4.65 Å². The fraction of sp³-hybridized carbons (Fsp3) is 0.364. The van der Waals surface area contributed by atoms with Gasteiger partial charge < -0.3 is 23.3 Å². The highest BCUT2D eigenvalue weighted by atomic mass is 16.8. The van der Waals surface area contributed by atoms with Gasteiger partial charge in [0.1, 0.15) is 23.0 Å². The molecule has 1 fully saturated rings. The van der Waals surface area contributed by atoms with Crippen molar-refractivity contribution in [3.8, 4) is 23.0 Å². The Morgan fingerprint density at radius 2 is 1.52 bits per heavy atom. The third-order valence-electron chi connectivity index (χ3n) is 6.18. The summed E-state index contributed by atoms with van der Waals surface area (Å²) in [5, 5.41) is 0. The first-order chi connectivity index (χ1) is 14.1. The Hall–Kier alpha value is -2.53. The lowest BCUT2D eigenvalue weighted by molar-refractivity contribution is 0.00831. The zero-order valence-electron chi connectivity index (χ0n) is 16.6. The fourth-order valence-electron chi connectivity index (χ4n) is 4.73. The van der Waals surface area contributed by atoms with Gasteiger partial charge in [0.15, 0.2) is 0 Å². The number of benzene rings is 2. The predicted octanol–water partition coefficient (Wildman–Crippen LogP) is 4.78. The van der Waals surface area contributed by atoms with Crippen molar-refractivity contribution in [2.45, 2.75) is 38.6 Å². The molecule has 29 heavy (non-hydrogen) atoms. The third-order valence-corrected chi connectivity index (χ3v) is 6.18. The summed E-state index contributed by atoms with van der Waals surface area (Å²) in [4.78, 5) is 0. The Labute approximate surface area is 172 Å². The number of hydrogen-bond donors (Lipinski definition) is 0. The van der Waals surface area contributed by atoms with E-state index in [2.05, 4.69) is 13.5 Å². The minimum absolute atomic E-state index is 0.0913. The number of rotatable bonds is 5. The van der Waals surface area contributed by atoms with Crippen LogP contribution in [0.4, 0.5) is 0 Å². The molecule has 0 saturated heterocycles. The van der Waals surface area contributed by atoms with Crippen molar-refractivity contribution in [1.82, 2.24) is 0 Å². The summed E-state index contributed by atoms with van der Waals surface area (Å²) in [6.07, 6.45) is 5.55. The van der Waals surface area contributed by atoms with Gasteiger partial charge in [0, 0.05) is 11.7 Å². The maximum atomic E-state index is 6.35. The Balaban J connectivity index is 1.33. The molecule has 0 aromatic heterocycles. The summed E-state index contributed by atoms with van der Waals surface area (Å²) in [5.41, 5.74) is -0.286. The normalized spacial score (nSPS) is 27.2. The van der Waals surface area contributed by atoms with Crippen LogP contribution in [0.15, 0.2) is 61.2 Å². The van der Waals surface area contributed by atoms with Crippen LogP contribution < -0.4 is 18.6 Å². The zero-order valence-corrected chi connectivity index (χ0v) is 16.6. The van der Waals surface area contributed by atoms with Gasteiger partial charge >= 0.3 is 14.4 Å². The van der Waals surface area contributed by atoms with Gasteiger partial charge in [-0.1, -0.05) is 37.3 Å². The second kappa shape index (κ2) is 7.38. The lowest BCUT2D eigenvalue weighted by atomic mass is 9.58. The molecule has 0 bridgehead atoms. The molecule has 0 spiro atoms. The topological polar surface area (TPSA) is 46.2 Å². The molecule has 2 heterocycles. The standard InChI is InChI=1S/C22H24B2O5/c1-3-22(15-23-25-17-8-4-5-9-18(17)26-23)14-16(2)12-13-21(22)29-24-27-19-10-6-7-11-20(19)28-24/h3-11,16,21H,1,12-15H2,2H3/t16-,21-,22-/m1/s1. The average Bonchev–Trinajstić information content (AvgIpc) is 3.32. The van der Waals surface area contributed by atoms with Gasteiger partial charge in [0.05, 0.1) is 6.10 Å². The summed E-state index contributed by atoms with van der Waals surface area (Å²) in [5.74, 6) is 3.57.